The standard InChI is InChI=1S/C18H20/c1-2-8-16-12-6-14-18-10-4-3-9-17(18)13-5-11-15(16)7-1/h1-4,7-10H,5-6,11-14H2. The van der Waals surface area contributed by atoms with Gasteiger partial charge in [-0.2, -0.15) is 0 Å². The van der Waals surface area contributed by atoms with Crippen molar-refractivity contribution in [2.75, 3.05) is 0 Å². The smallest absolute Gasteiger partial charge is 0.0273 e. The van der Waals surface area contributed by atoms with Gasteiger partial charge in [0, 0.05) is 0 Å². The zero-order valence-corrected chi connectivity index (χ0v) is 10.9. The van der Waals surface area contributed by atoms with Crippen LogP contribution >= 0.6 is 0 Å². The first-order valence-corrected chi connectivity index (χ1v) is 7.07. The predicted octanol–water partition coefficient (Wildman–Crippen LogP) is 4.35. The zero-order chi connectivity index (χ0) is 12.2. The fourth-order valence-corrected chi connectivity index (χ4v) is 3.03. The molecule has 2 aromatic carbocycles. The molecule has 0 aliphatic heterocycles. The Hall–Kier alpha value is -1.56. The van der Waals surface area contributed by atoms with Gasteiger partial charge in [-0.3, -0.25) is 0 Å². The minimum atomic E-state index is 1.23. The molecule has 1 aliphatic rings. The molecule has 2 aromatic rings. The third-order valence-corrected chi connectivity index (χ3v) is 4.02. The normalized spacial score (nSPS) is 15.6. The maximum atomic E-state index is 2.31. The van der Waals surface area contributed by atoms with E-state index in [9.17, 15) is 0 Å². The van der Waals surface area contributed by atoms with Crippen LogP contribution in [-0.2, 0) is 25.7 Å². The Labute approximate surface area is 110 Å². The second kappa shape index (κ2) is 5.39. The fourth-order valence-electron chi connectivity index (χ4n) is 3.03. The van der Waals surface area contributed by atoms with Gasteiger partial charge in [0.1, 0.15) is 0 Å². The van der Waals surface area contributed by atoms with Crippen molar-refractivity contribution in [2.24, 2.45) is 0 Å². The first-order valence-electron chi connectivity index (χ1n) is 7.07. The van der Waals surface area contributed by atoms with E-state index in [0.717, 1.165) is 0 Å². The number of aryl methyl sites for hydroxylation is 4. The Bertz CT molecular complexity index is 430. The monoisotopic (exact) mass is 236 g/mol. The molecule has 0 heterocycles. The van der Waals surface area contributed by atoms with Crippen LogP contribution in [0.3, 0.4) is 0 Å². The highest BCUT2D eigenvalue weighted by Gasteiger charge is 2.07. The highest BCUT2D eigenvalue weighted by molar-refractivity contribution is 5.31. The van der Waals surface area contributed by atoms with E-state index in [4.69, 9.17) is 0 Å². The average Bonchev–Trinajstić information content (AvgIpc) is 2.43. The van der Waals surface area contributed by atoms with Gasteiger partial charge in [-0.1, -0.05) is 48.5 Å². The summed E-state index contributed by atoms with van der Waals surface area (Å²) < 4.78 is 0. The van der Waals surface area contributed by atoms with Crippen LogP contribution in [0, 0.1) is 0 Å². The van der Waals surface area contributed by atoms with Crippen molar-refractivity contribution in [3.8, 4) is 0 Å². The quantitative estimate of drug-likeness (QED) is 0.638. The third kappa shape index (κ3) is 2.48. The summed E-state index contributed by atoms with van der Waals surface area (Å²) in [5.41, 5.74) is 6.27. The Morgan fingerprint density at radius 1 is 0.444 bits per heavy atom. The molecule has 92 valence electrons. The third-order valence-electron chi connectivity index (χ3n) is 4.02. The number of benzene rings is 2. The van der Waals surface area contributed by atoms with Crippen LogP contribution in [-0.4, -0.2) is 0 Å². The van der Waals surface area contributed by atoms with E-state index in [1.165, 1.54) is 38.5 Å². The first-order chi connectivity index (χ1) is 8.93. The van der Waals surface area contributed by atoms with E-state index in [1.807, 2.05) is 0 Å². The summed E-state index contributed by atoms with van der Waals surface area (Å²) in [6, 6.07) is 17.9. The maximum Gasteiger partial charge on any atom is -0.0273 e. The van der Waals surface area contributed by atoms with Crippen molar-refractivity contribution in [1.29, 1.82) is 0 Å². The Morgan fingerprint density at radius 2 is 0.722 bits per heavy atom. The molecule has 0 fully saturated rings. The average molecular weight is 236 g/mol. The molecule has 0 radical (unpaired) electrons. The van der Waals surface area contributed by atoms with Gasteiger partial charge in [-0.05, 0) is 60.8 Å². The van der Waals surface area contributed by atoms with Crippen LogP contribution in [0.1, 0.15) is 35.1 Å². The Balaban J connectivity index is 1.85. The summed E-state index contributed by atoms with van der Waals surface area (Å²) in [6.45, 7) is 0. The Kier molecular flexibility index (Phi) is 3.45. The summed E-state index contributed by atoms with van der Waals surface area (Å²) in [5, 5.41) is 0. The Morgan fingerprint density at radius 3 is 1.00 bits per heavy atom. The molecule has 0 N–H and O–H groups in total. The number of rotatable bonds is 0. The van der Waals surface area contributed by atoms with Gasteiger partial charge in [0.2, 0.25) is 0 Å². The summed E-state index contributed by atoms with van der Waals surface area (Å²) in [7, 11) is 0. The van der Waals surface area contributed by atoms with Crippen molar-refractivity contribution >= 4 is 0 Å². The highest BCUT2D eigenvalue weighted by atomic mass is 14.1. The molecule has 0 heteroatoms. The molecule has 0 saturated carbocycles. The van der Waals surface area contributed by atoms with E-state index in [1.54, 1.807) is 22.3 Å². The van der Waals surface area contributed by atoms with Crippen LogP contribution in [0.2, 0.25) is 0 Å². The van der Waals surface area contributed by atoms with Crippen LogP contribution in [0.15, 0.2) is 48.5 Å². The van der Waals surface area contributed by atoms with Crippen molar-refractivity contribution in [1.82, 2.24) is 0 Å². The van der Waals surface area contributed by atoms with Gasteiger partial charge < -0.3 is 0 Å². The number of hydrogen-bond donors (Lipinski definition) is 0. The van der Waals surface area contributed by atoms with E-state index < -0.39 is 0 Å². The molecule has 0 aromatic heterocycles. The zero-order valence-electron chi connectivity index (χ0n) is 10.9. The summed E-state index contributed by atoms with van der Waals surface area (Å²) >= 11 is 0. The molecule has 0 bridgehead atoms. The first kappa shape index (κ1) is 11.5. The van der Waals surface area contributed by atoms with Crippen molar-refractivity contribution in [3.63, 3.8) is 0 Å². The molecule has 18 heavy (non-hydrogen) atoms. The SMILES string of the molecule is c1ccc2c(c1)CCCc1ccccc1CCC2. The van der Waals surface area contributed by atoms with Crippen LogP contribution < -0.4 is 0 Å². The molecular formula is C18H20. The van der Waals surface area contributed by atoms with Gasteiger partial charge in [-0.15, -0.1) is 0 Å². The minimum Gasteiger partial charge on any atom is -0.0620 e. The van der Waals surface area contributed by atoms with E-state index >= 15 is 0 Å². The van der Waals surface area contributed by atoms with Gasteiger partial charge in [-0.25, -0.2) is 0 Å². The van der Waals surface area contributed by atoms with Gasteiger partial charge in [0.25, 0.3) is 0 Å². The molecule has 0 amide bonds. The van der Waals surface area contributed by atoms with Gasteiger partial charge in [0.15, 0.2) is 0 Å². The minimum absolute atomic E-state index is 1.23. The van der Waals surface area contributed by atoms with Gasteiger partial charge >= 0.3 is 0 Å². The van der Waals surface area contributed by atoms with Crippen LogP contribution in [0.5, 0.6) is 0 Å². The van der Waals surface area contributed by atoms with E-state index in [2.05, 4.69) is 48.5 Å². The second-order valence-electron chi connectivity index (χ2n) is 5.24. The predicted molar refractivity (Wildman–Crippen MR) is 76.9 cm³/mol. The topological polar surface area (TPSA) is 0 Å². The molecule has 3 rings (SSSR count). The molecule has 0 nitrogen and oxygen atoms in total. The molecule has 0 spiro atoms. The largest absolute Gasteiger partial charge is 0.0620 e. The molecule has 1 aliphatic carbocycles. The lowest BCUT2D eigenvalue weighted by Crippen LogP contribution is -2.02. The lowest BCUT2D eigenvalue weighted by Gasteiger charge is -2.14. The maximum absolute atomic E-state index is 2.31. The van der Waals surface area contributed by atoms with E-state index in [-0.39, 0.29) is 0 Å². The highest BCUT2D eigenvalue weighted by Crippen LogP contribution is 2.20. The van der Waals surface area contributed by atoms with Gasteiger partial charge in [0.05, 0.1) is 0 Å². The van der Waals surface area contributed by atoms with Crippen LogP contribution in [0.25, 0.3) is 0 Å². The fraction of sp³-hybridized carbons (Fsp3) is 0.333. The van der Waals surface area contributed by atoms with Crippen molar-refractivity contribution < 1.29 is 0 Å². The van der Waals surface area contributed by atoms with Crippen molar-refractivity contribution in [3.05, 3.63) is 70.8 Å². The number of fused-ring (bicyclic) bond motifs is 2. The lowest BCUT2D eigenvalue weighted by atomic mass is 9.91. The molecule has 0 saturated heterocycles. The van der Waals surface area contributed by atoms with Crippen molar-refractivity contribution in [2.45, 2.75) is 38.5 Å². The summed E-state index contributed by atoms with van der Waals surface area (Å²) in [6.07, 6.45) is 7.45. The second-order valence-corrected chi connectivity index (χ2v) is 5.24. The summed E-state index contributed by atoms with van der Waals surface area (Å²) in [5.74, 6) is 0. The van der Waals surface area contributed by atoms with Crippen LogP contribution in [0.4, 0.5) is 0 Å². The molecule has 0 unspecified atom stereocenters. The van der Waals surface area contributed by atoms with E-state index in [0.29, 0.717) is 0 Å². The molecule has 0 atom stereocenters. The summed E-state index contributed by atoms with van der Waals surface area (Å²) in [4.78, 5) is 0. The molecular weight excluding hydrogens is 216 g/mol. The lowest BCUT2D eigenvalue weighted by molar-refractivity contribution is 0.745. The number of hydrogen-bond acceptors (Lipinski definition) is 0.